The van der Waals surface area contributed by atoms with Gasteiger partial charge in [0.05, 0.1) is 37.1 Å². The maximum atomic E-state index is 12.8. The van der Waals surface area contributed by atoms with Crippen molar-refractivity contribution in [2.45, 2.75) is 6.61 Å². The van der Waals surface area contributed by atoms with Gasteiger partial charge < -0.3 is 14.4 Å². The summed E-state index contributed by atoms with van der Waals surface area (Å²) in [5.41, 5.74) is 1.53. The van der Waals surface area contributed by atoms with Gasteiger partial charge in [-0.1, -0.05) is 29.3 Å². The number of benzene rings is 2. The Hall–Kier alpha value is -1.56. The molecule has 0 radical (unpaired) electrons. The summed E-state index contributed by atoms with van der Waals surface area (Å²) in [6, 6.07) is 8.82. The van der Waals surface area contributed by atoms with E-state index in [0.717, 1.165) is 22.2 Å². The monoisotopic (exact) mass is 662 g/mol. The Bertz CT molecular complexity index is 1200. The summed E-state index contributed by atoms with van der Waals surface area (Å²) in [6.07, 6.45) is 1.61. The molecular formula is C23H18Br2Cl2N2O5S. The number of amides is 3. The molecule has 35 heavy (non-hydrogen) atoms. The van der Waals surface area contributed by atoms with E-state index in [9.17, 15) is 14.4 Å². The Morgan fingerprint density at radius 1 is 1.09 bits per heavy atom. The maximum absolute atomic E-state index is 12.8. The third kappa shape index (κ3) is 6.42. The number of halogens is 4. The maximum Gasteiger partial charge on any atom is 0.294 e. The third-order valence-electron chi connectivity index (χ3n) is 5.22. The number of morpholine rings is 1. The first-order chi connectivity index (χ1) is 16.7. The predicted molar refractivity (Wildman–Crippen MR) is 143 cm³/mol. The number of rotatable bonds is 6. The summed E-state index contributed by atoms with van der Waals surface area (Å²) in [5, 5.41) is 0.446. The minimum atomic E-state index is -0.492. The van der Waals surface area contributed by atoms with Crippen molar-refractivity contribution in [1.82, 2.24) is 9.80 Å². The van der Waals surface area contributed by atoms with Crippen LogP contribution in [0.5, 0.6) is 5.75 Å². The number of imide groups is 1. The first-order valence-corrected chi connectivity index (χ1v) is 13.6. The van der Waals surface area contributed by atoms with Gasteiger partial charge in [-0.25, -0.2) is 0 Å². The second-order valence-corrected chi connectivity index (χ2v) is 11.1. The van der Waals surface area contributed by atoms with Gasteiger partial charge in [-0.15, -0.1) is 0 Å². The van der Waals surface area contributed by atoms with Crippen LogP contribution in [0.3, 0.4) is 0 Å². The Kier molecular flexibility index (Phi) is 8.83. The molecule has 12 heteroatoms. The summed E-state index contributed by atoms with van der Waals surface area (Å²) in [4.78, 5) is 40.6. The molecule has 4 rings (SSSR count). The van der Waals surface area contributed by atoms with Gasteiger partial charge in [0.15, 0.2) is 0 Å². The lowest BCUT2D eigenvalue weighted by Gasteiger charge is -2.28. The molecule has 184 valence electrons. The molecule has 2 heterocycles. The highest BCUT2D eigenvalue weighted by atomic mass is 79.9. The van der Waals surface area contributed by atoms with Crippen molar-refractivity contribution in [3.8, 4) is 5.75 Å². The molecule has 0 spiro atoms. The Morgan fingerprint density at radius 3 is 2.43 bits per heavy atom. The minimum Gasteiger partial charge on any atom is -0.487 e. The van der Waals surface area contributed by atoms with Crippen LogP contribution in [0.25, 0.3) is 6.08 Å². The van der Waals surface area contributed by atoms with Crippen molar-refractivity contribution in [1.29, 1.82) is 0 Å². The fraction of sp³-hybridized carbons (Fsp3) is 0.261. The van der Waals surface area contributed by atoms with Gasteiger partial charge in [0.1, 0.15) is 18.9 Å². The lowest BCUT2D eigenvalue weighted by Crippen LogP contribution is -2.46. The first-order valence-electron chi connectivity index (χ1n) is 10.4. The Morgan fingerprint density at radius 2 is 1.77 bits per heavy atom. The standard InChI is InChI=1S/C23H18Br2Cl2N2O5S/c24-15-7-14(8-16(25)21(15)34-12-13-1-2-17(26)18(27)9-13)10-19-22(31)29(23(32)35-19)11-20(30)28-3-5-33-6-4-28/h1-2,7-10H,3-6,11-12H2/b19-10+. The van der Waals surface area contributed by atoms with E-state index >= 15 is 0 Å². The number of nitrogens with zero attached hydrogens (tertiary/aromatic N) is 2. The molecule has 2 aromatic rings. The number of ether oxygens (including phenoxy) is 2. The quantitative estimate of drug-likeness (QED) is 0.353. The van der Waals surface area contributed by atoms with Crippen molar-refractivity contribution in [3.05, 3.63) is 65.4 Å². The smallest absolute Gasteiger partial charge is 0.294 e. The Balaban J connectivity index is 1.45. The molecule has 0 saturated carbocycles. The molecule has 0 aromatic heterocycles. The topological polar surface area (TPSA) is 76.2 Å². The van der Waals surface area contributed by atoms with Crippen molar-refractivity contribution >= 4 is 90.0 Å². The molecule has 2 aromatic carbocycles. The van der Waals surface area contributed by atoms with Crippen LogP contribution in [0.15, 0.2) is 44.2 Å². The first kappa shape index (κ1) is 26.5. The van der Waals surface area contributed by atoms with Gasteiger partial charge in [0, 0.05) is 13.1 Å². The van der Waals surface area contributed by atoms with Crippen LogP contribution in [0.4, 0.5) is 4.79 Å². The highest BCUT2D eigenvalue weighted by Gasteiger charge is 2.37. The summed E-state index contributed by atoms with van der Waals surface area (Å²) in [6.45, 7) is 1.79. The van der Waals surface area contributed by atoms with E-state index in [1.54, 1.807) is 35.2 Å². The second kappa shape index (κ2) is 11.7. The van der Waals surface area contributed by atoms with E-state index in [0.29, 0.717) is 56.6 Å². The SMILES string of the molecule is O=C(CN1C(=O)S/C(=C/c2cc(Br)c(OCc3ccc(Cl)c(Cl)c3)c(Br)c2)C1=O)N1CCOCC1. The van der Waals surface area contributed by atoms with Gasteiger partial charge in [-0.3, -0.25) is 19.3 Å². The average Bonchev–Trinajstić information content (AvgIpc) is 3.08. The molecule has 0 bridgehead atoms. The van der Waals surface area contributed by atoms with Crippen LogP contribution < -0.4 is 4.74 Å². The number of hydrogen-bond acceptors (Lipinski definition) is 6. The van der Waals surface area contributed by atoms with Crippen molar-refractivity contribution in [2.75, 3.05) is 32.8 Å². The molecule has 3 amide bonds. The predicted octanol–water partition coefficient (Wildman–Crippen LogP) is 5.99. The summed E-state index contributed by atoms with van der Waals surface area (Å²) in [5.74, 6) is -0.197. The van der Waals surface area contributed by atoms with Crippen molar-refractivity contribution < 1.29 is 23.9 Å². The lowest BCUT2D eigenvalue weighted by molar-refractivity contribution is -0.139. The van der Waals surface area contributed by atoms with Crippen molar-refractivity contribution in [2.24, 2.45) is 0 Å². The molecule has 7 nitrogen and oxygen atoms in total. The summed E-state index contributed by atoms with van der Waals surface area (Å²) < 4.78 is 12.5. The third-order valence-corrected chi connectivity index (χ3v) is 8.04. The van der Waals surface area contributed by atoms with E-state index in [4.69, 9.17) is 32.7 Å². The summed E-state index contributed by atoms with van der Waals surface area (Å²) >= 11 is 19.8. The normalized spacial score (nSPS) is 17.4. The van der Waals surface area contributed by atoms with Gasteiger partial charge in [-0.05, 0) is 85.1 Å². The van der Waals surface area contributed by atoms with Crippen LogP contribution in [-0.4, -0.2) is 59.7 Å². The lowest BCUT2D eigenvalue weighted by atomic mass is 10.2. The molecule has 0 N–H and O–H groups in total. The Labute approximate surface area is 232 Å². The molecule has 0 atom stereocenters. The van der Waals surface area contributed by atoms with E-state index < -0.39 is 11.1 Å². The highest BCUT2D eigenvalue weighted by Crippen LogP contribution is 2.38. The zero-order chi connectivity index (χ0) is 25.1. The molecule has 2 aliphatic rings. The summed E-state index contributed by atoms with van der Waals surface area (Å²) in [7, 11) is 0. The second-order valence-electron chi connectivity index (χ2n) is 7.61. The highest BCUT2D eigenvalue weighted by molar-refractivity contribution is 9.11. The van der Waals surface area contributed by atoms with E-state index in [1.165, 1.54) is 0 Å². The van der Waals surface area contributed by atoms with Crippen LogP contribution in [0, 0.1) is 0 Å². The fourth-order valence-corrected chi connectivity index (χ4v) is 6.03. The van der Waals surface area contributed by atoms with Crippen LogP contribution in [-0.2, 0) is 20.9 Å². The van der Waals surface area contributed by atoms with Crippen LogP contribution in [0.1, 0.15) is 11.1 Å². The average molecular weight is 665 g/mol. The van der Waals surface area contributed by atoms with Crippen LogP contribution >= 0.6 is 66.8 Å². The van der Waals surface area contributed by atoms with Gasteiger partial charge in [0.2, 0.25) is 5.91 Å². The zero-order valence-corrected chi connectivity index (χ0v) is 23.6. The van der Waals surface area contributed by atoms with E-state index in [1.807, 2.05) is 6.07 Å². The number of carbonyl (C=O) groups is 3. The van der Waals surface area contributed by atoms with E-state index in [2.05, 4.69) is 31.9 Å². The van der Waals surface area contributed by atoms with Gasteiger partial charge in [0.25, 0.3) is 11.1 Å². The van der Waals surface area contributed by atoms with Gasteiger partial charge >= 0.3 is 0 Å². The molecule has 0 aliphatic carbocycles. The minimum absolute atomic E-state index is 0.244. The molecular weight excluding hydrogens is 647 g/mol. The largest absolute Gasteiger partial charge is 0.487 e. The fourth-order valence-electron chi connectivity index (χ4n) is 3.42. The number of thioether (sulfide) groups is 1. The molecule has 2 aliphatic heterocycles. The molecule has 2 saturated heterocycles. The van der Waals surface area contributed by atoms with Crippen molar-refractivity contribution in [3.63, 3.8) is 0 Å². The zero-order valence-electron chi connectivity index (χ0n) is 18.1. The number of carbonyl (C=O) groups excluding carboxylic acids is 3. The van der Waals surface area contributed by atoms with Gasteiger partial charge in [-0.2, -0.15) is 0 Å². The number of hydrogen-bond donors (Lipinski definition) is 0. The molecule has 2 fully saturated rings. The van der Waals surface area contributed by atoms with E-state index in [-0.39, 0.29) is 24.0 Å². The van der Waals surface area contributed by atoms with Crippen LogP contribution in [0.2, 0.25) is 10.0 Å². The molecule has 0 unspecified atom stereocenters.